The van der Waals surface area contributed by atoms with E-state index in [9.17, 15) is 22.8 Å². The zero-order valence-corrected chi connectivity index (χ0v) is 22.8. The van der Waals surface area contributed by atoms with E-state index in [1.807, 2.05) is 7.05 Å². The summed E-state index contributed by atoms with van der Waals surface area (Å²) in [5, 5.41) is 11.7. The Labute approximate surface area is 228 Å². The van der Waals surface area contributed by atoms with E-state index in [1.165, 1.54) is 0 Å². The minimum atomic E-state index is -4.48. The molecule has 0 bridgehead atoms. The number of anilines is 1. The predicted octanol–water partition coefficient (Wildman–Crippen LogP) is 2.48. The van der Waals surface area contributed by atoms with E-state index in [2.05, 4.69) is 38.2 Å². The van der Waals surface area contributed by atoms with Gasteiger partial charge in [0.25, 0.3) is 5.91 Å². The summed E-state index contributed by atoms with van der Waals surface area (Å²) in [6.07, 6.45) is -1.15. The van der Waals surface area contributed by atoms with Crippen LogP contribution < -0.4 is 21.3 Å². The molecule has 0 aromatic heterocycles. The van der Waals surface area contributed by atoms with Crippen molar-refractivity contribution in [3.05, 3.63) is 29.8 Å². The molecule has 9 nitrogen and oxygen atoms in total. The van der Waals surface area contributed by atoms with Crippen LogP contribution in [0.4, 0.5) is 18.9 Å². The van der Waals surface area contributed by atoms with E-state index < -0.39 is 24.5 Å². The van der Waals surface area contributed by atoms with Crippen molar-refractivity contribution in [2.75, 3.05) is 46.1 Å². The lowest BCUT2D eigenvalue weighted by Crippen LogP contribution is -2.60. The van der Waals surface area contributed by atoms with Crippen molar-refractivity contribution in [2.24, 2.45) is 22.7 Å². The van der Waals surface area contributed by atoms with Gasteiger partial charge in [-0.15, -0.1) is 0 Å². The van der Waals surface area contributed by atoms with Crippen LogP contribution in [0.2, 0.25) is 0 Å². The third kappa shape index (κ3) is 7.29. The molecule has 12 heteroatoms. The van der Waals surface area contributed by atoms with Gasteiger partial charge in [-0.1, -0.05) is 6.42 Å². The maximum atomic E-state index is 13.8. The summed E-state index contributed by atoms with van der Waals surface area (Å²) in [6, 6.07) is 7.11. The number of amides is 2. The molecule has 1 aromatic carbocycles. The number of rotatable bonds is 8. The van der Waals surface area contributed by atoms with E-state index in [1.54, 1.807) is 36.2 Å². The molecular formula is C27H40F3N7O2. The van der Waals surface area contributed by atoms with Crippen LogP contribution in [0, 0.1) is 17.8 Å². The Bertz CT molecular complexity index is 1010. The van der Waals surface area contributed by atoms with E-state index in [0.717, 1.165) is 51.4 Å². The zero-order chi connectivity index (χ0) is 28.2. The number of alkyl halides is 3. The predicted molar refractivity (Wildman–Crippen MR) is 144 cm³/mol. The van der Waals surface area contributed by atoms with Crippen LogP contribution in [-0.4, -0.2) is 93.3 Å². The third-order valence-electron chi connectivity index (χ3n) is 8.30. The Balaban J connectivity index is 1.36. The Morgan fingerprint density at radius 1 is 1.13 bits per heavy atom. The summed E-state index contributed by atoms with van der Waals surface area (Å²) in [4.78, 5) is 33.3. The van der Waals surface area contributed by atoms with Gasteiger partial charge < -0.3 is 25.8 Å². The lowest BCUT2D eigenvalue weighted by molar-refractivity contribution is -0.165. The number of likely N-dealkylation sites (tertiary alicyclic amines) is 1. The van der Waals surface area contributed by atoms with Gasteiger partial charge in [0.15, 0.2) is 6.29 Å². The highest BCUT2D eigenvalue weighted by atomic mass is 19.4. The quantitative estimate of drug-likeness (QED) is 0.396. The van der Waals surface area contributed by atoms with Crippen molar-refractivity contribution in [3.8, 4) is 0 Å². The first kappa shape index (κ1) is 29.3. The molecule has 5 unspecified atom stereocenters. The number of halogens is 3. The van der Waals surface area contributed by atoms with Gasteiger partial charge in [0, 0.05) is 50.1 Å². The topological polar surface area (TPSA) is 101 Å². The number of nitrogens with one attached hydrogen (secondary N) is 4. The monoisotopic (exact) mass is 551 g/mol. The van der Waals surface area contributed by atoms with Crippen molar-refractivity contribution >= 4 is 23.7 Å². The Morgan fingerprint density at radius 3 is 2.46 bits per heavy atom. The second kappa shape index (κ2) is 12.6. The second-order valence-corrected chi connectivity index (χ2v) is 10.9. The highest BCUT2D eigenvalue weighted by molar-refractivity contribution is 5.94. The molecule has 0 radical (unpaired) electrons. The average molecular weight is 552 g/mol. The number of piperidine rings is 1. The number of hydrogen-bond donors (Lipinski definition) is 4. The summed E-state index contributed by atoms with van der Waals surface area (Å²) >= 11 is 0. The molecule has 1 saturated heterocycles. The van der Waals surface area contributed by atoms with Crippen molar-refractivity contribution in [1.29, 1.82) is 0 Å². The first-order valence-electron chi connectivity index (χ1n) is 13.7. The average Bonchev–Trinajstić information content (AvgIpc) is 3.40. The Hall–Kier alpha value is -2.70. The number of carbonyl (C=O) groups is 2. The second-order valence-electron chi connectivity index (χ2n) is 10.9. The minimum absolute atomic E-state index is 0.0244. The standard InChI is InChI=1S/C27H40F3N7O2/c1-31-24(38)21-6-4-5-18(21)15-32-23-22(27(28,29)30)16-33-26(35-23)34-19-9-7-17(8-10-19)25(39)37(3)20-11-13-36(2)14-12-20/h7-10,16,18,20-23,26,32,34-35H,4-6,11-15H2,1-3H3,(H,31,38). The van der Waals surface area contributed by atoms with Gasteiger partial charge >= 0.3 is 6.18 Å². The van der Waals surface area contributed by atoms with Gasteiger partial charge in [-0.2, -0.15) is 13.2 Å². The van der Waals surface area contributed by atoms with Gasteiger partial charge in [-0.25, -0.2) is 0 Å². The van der Waals surface area contributed by atoms with Crippen LogP contribution in [0.15, 0.2) is 29.3 Å². The van der Waals surface area contributed by atoms with E-state index in [-0.39, 0.29) is 29.7 Å². The van der Waals surface area contributed by atoms with Crippen molar-refractivity contribution in [3.63, 3.8) is 0 Å². The van der Waals surface area contributed by atoms with Crippen molar-refractivity contribution < 1.29 is 22.8 Å². The fourth-order valence-corrected chi connectivity index (χ4v) is 5.83. The van der Waals surface area contributed by atoms with Crippen LogP contribution in [0.5, 0.6) is 0 Å². The van der Waals surface area contributed by atoms with Crippen LogP contribution in [0.3, 0.4) is 0 Å². The molecule has 1 aromatic rings. The van der Waals surface area contributed by atoms with Crippen molar-refractivity contribution in [1.82, 2.24) is 25.8 Å². The van der Waals surface area contributed by atoms with Crippen LogP contribution >= 0.6 is 0 Å². The van der Waals surface area contributed by atoms with Gasteiger partial charge in [-0.3, -0.25) is 19.9 Å². The molecule has 2 fully saturated rings. The molecule has 3 aliphatic rings. The lowest BCUT2D eigenvalue weighted by Gasteiger charge is -2.36. The summed E-state index contributed by atoms with van der Waals surface area (Å²) in [6.45, 7) is 2.21. The first-order chi connectivity index (χ1) is 18.6. The fourth-order valence-electron chi connectivity index (χ4n) is 5.83. The molecule has 4 N–H and O–H groups in total. The highest BCUT2D eigenvalue weighted by Gasteiger charge is 2.46. The van der Waals surface area contributed by atoms with Crippen molar-refractivity contribution in [2.45, 2.75) is 56.8 Å². The minimum Gasteiger partial charge on any atom is -0.359 e. The summed E-state index contributed by atoms with van der Waals surface area (Å²) in [5.74, 6) is -2.14. The van der Waals surface area contributed by atoms with Crippen LogP contribution in [0.25, 0.3) is 0 Å². The molecule has 2 aliphatic heterocycles. The molecule has 5 atom stereocenters. The largest absolute Gasteiger partial charge is 0.399 e. The molecule has 4 rings (SSSR count). The van der Waals surface area contributed by atoms with Crippen LogP contribution in [0.1, 0.15) is 42.5 Å². The third-order valence-corrected chi connectivity index (χ3v) is 8.30. The molecule has 2 amide bonds. The van der Waals surface area contributed by atoms with Gasteiger partial charge in [0.05, 0.1) is 6.17 Å². The Kier molecular flexibility index (Phi) is 9.50. The molecule has 1 saturated carbocycles. The van der Waals surface area contributed by atoms with Gasteiger partial charge in [-0.05, 0) is 76.0 Å². The van der Waals surface area contributed by atoms with E-state index >= 15 is 0 Å². The molecule has 2 heterocycles. The normalized spacial score (nSPS) is 28.3. The number of benzene rings is 1. The maximum absolute atomic E-state index is 13.8. The lowest BCUT2D eigenvalue weighted by atomic mass is 9.94. The highest BCUT2D eigenvalue weighted by Crippen LogP contribution is 2.33. The fraction of sp³-hybridized carbons (Fsp3) is 0.667. The number of aliphatic imine (C=N–C) groups is 1. The molecule has 0 spiro atoms. The number of nitrogens with zero attached hydrogens (tertiary/aromatic N) is 3. The van der Waals surface area contributed by atoms with E-state index in [4.69, 9.17) is 0 Å². The number of hydrogen-bond acceptors (Lipinski definition) is 7. The first-order valence-corrected chi connectivity index (χ1v) is 13.7. The summed E-state index contributed by atoms with van der Waals surface area (Å²) < 4.78 is 41.3. The smallest absolute Gasteiger partial charge is 0.359 e. The Morgan fingerprint density at radius 2 is 1.82 bits per heavy atom. The molecule has 39 heavy (non-hydrogen) atoms. The molecular weight excluding hydrogens is 511 g/mol. The number of carbonyl (C=O) groups excluding carboxylic acids is 2. The molecule has 1 aliphatic carbocycles. The maximum Gasteiger partial charge on any atom is 0.399 e. The molecule has 216 valence electrons. The zero-order valence-electron chi connectivity index (χ0n) is 22.8. The summed E-state index contributed by atoms with van der Waals surface area (Å²) in [5.41, 5.74) is 1.18. The summed E-state index contributed by atoms with van der Waals surface area (Å²) in [7, 11) is 5.49. The SMILES string of the molecule is CNC(=O)C1CCCC1CNC1NC(Nc2ccc(C(=O)N(C)C3CCN(C)CC3)cc2)N=CC1C(F)(F)F. The van der Waals surface area contributed by atoms with Gasteiger partial charge in [0.2, 0.25) is 5.91 Å². The van der Waals surface area contributed by atoms with E-state index in [0.29, 0.717) is 17.8 Å². The van der Waals surface area contributed by atoms with Gasteiger partial charge in [0.1, 0.15) is 5.92 Å². The van der Waals surface area contributed by atoms with Crippen LogP contribution in [-0.2, 0) is 4.79 Å².